The van der Waals surface area contributed by atoms with Crippen molar-refractivity contribution >= 4 is 85.5 Å². The molecule has 0 fully saturated rings. The number of carbonyl (C=O) groups excluding carboxylic acids is 3. The van der Waals surface area contributed by atoms with E-state index in [0.29, 0.717) is 68.3 Å². The second-order valence-electron chi connectivity index (χ2n) is 20.9. The van der Waals surface area contributed by atoms with Crippen molar-refractivity contribution in [2.45, 2.75) is 132 Å². The number of carbonyl (C=O) groups is 3. The molecular weight excluding hydrogens is 1130 g/mol. The molecule has 0 aliphatic heterocycles. The molecule has 86 heavy (non-hydrogen) atoms. The monoisotopic (exact) mass is 1220 g/mol. The van der Waals surface area contributed by atoms with Gasteiger partial charge in [-0.15, -0.1) is 24.8 Å². The van der Waals surface area contributed by atoms with Crippen molar-refractivity contribution in [3.63, 3.8) is 0 Å². The van der Waals surface area contributed by atoms with E-state index in [4.69, 9.17) is 17.3 Å². The molecule has 14 heteroatoms. The highest BCUT2D eigenvalue weighted by Crippen LogP contribution is 2.18. The van der Waals surface area contributed by atoms with Gasteiger partial charge in [0.25, 0.3) is 0 Å². The molecule has 5 N–H and O–H groups in total. The van der Waals surface area contributed by atoms with E-state index in [1.165, 1.54) is 57.9 Å². The summed E-state index contributed by atoms with van der Waals surface area (Å²) in [6.07, 6.45) is 15.5. The Morgan fingerprint density at radius 1 is 0.442 bits per heavy atom. The quantitative estimate of drug-likeness (QED) is 0.0404. The third-order valence-corrected chi connectivity index (χ3v) is 14.3. The number of aromatic nitrogens is 3. The summed E-state index contributed by atoms with van der Waals surface area (Å²) in [5.74, 6) is 0.608. The predicted molar refractivity (Wildman–Crippen MR) is 368 cm³/mol. The van der Waals surface area contributed by atoms with Crippen LogP contribution in [0.1, 0.15) is 108 Å². The predicted octanol–water partition coefficient (Wildman–Crippen LogP) is 15.1. The summed E-state index contributed by atoms with van der Waals surface area (Å²) < 4.78 is 0. The van der Waals surface area contributed by atoms with Crippen LogP contribution in [0.3, 0.4) is 0 Å². The van der Waals surface area contributed by atoms with E-state index in [0.717, 1.165) is 59.9 Å². The highest BCUT2D eigenvalue weighted by atomic mass is 35.5. The van der Waals surface area contributed by atoms with Crippen molar-refractivity contribution in [3.8, 4) is 0 Å². The zero-order chi connectivity index (χ0) is 59.4. The fraction of sp³-hybridized carbons (Fsp3) is 0.333. The van der Waals surface area contributed by atoms with Gasteiger partial charge in [-0.2, -0.15) is 0 Å². The first kappa shape index (κ1) is 75.3. The average molecular weight is 1220 g/mol. The molecule has 0 bridgehead atoms. The Labute approximate surface area is 530 Å². The third-order valence-electron chi connectivity index (χ3n) is 14.2. The van der Waals surface area contributed by atoms with Crippen molar-refractivity contribution in [1.29, 1.82) is 0 Å². The van der Waals surface area contributed by atoms with Gasteiger partial charge in [-0.05, 0) is 151 Å². The summed E-state index contributed by atoms with van der Waals surface area (Å²) in [5, 5.41) is 17.2. The number of nitrogens with two attached hydrogens (primary N) is 1. The third kappa shape index (κ3) is 30.0. The zero-order valence-corrected chi connectivity index (χ0v) is 52.9. The molecule has 0 amide bonds. The molecular formula is C72H93Cl3N8O3. The van der Waals surface area contributed by atoms with Gasteiger partial charge in [0.2, 0.25) is 5.24 Å². The van der Waals surface area contributed by atoms with Crippen LogP contribution < -0.4 is 21.7 Å². The molecule has 3 aromatic heterocycles. The summed E-state index contributed by atoms with van der Waals surface area (Å²) in [5.41, 5.74) is 12.5. The molecule has 0 radical (unpaired) electrons. The Balaban J connectivity index is 0.000000387. The van der Waals surface area contributed by atoms with Gasteiger partial charge in [-0.25, -0.2) is 0 Å². The first-order valence-corrected chi connectivity index (χ1v) is 29.7. The average Bonchev–Trinajstić information content (AvgIpc) is 3.66. The maximum Gasteiger partial charge on any atom is 0.226 e. The molecule has 0 unspecified atom stereocenters. The molecule has 9 aromatic rings. The summed E-state index contributed by atoms with van der Waals surface area (Å²) in [6, 6.07) is 55.7. The van der Waals surface area contributed by atoms with Gasteiger partial charge in [0.1, 0.15) is 11.6 Å². The number of Topliss-reactive ketones (excluding diaryl/α,β-unsaturated/α-hetero) is 2. The van der Waals surface area contributed by atoms with E-state index in [9.17, 15) is 14.4 Å². The van der Waals surface area contributed by atoms with E-state index in [1.807, 2.05) is 146 Å². The second-order valence-corrected chi connectivity index (χ2v) is 21.3. The number of benzene rings is 6. The van der Waals surface area contributed by atoms with E-state index >= 15 is 0 Å². The standard InChI is InChI=1S/2C22H24N2O.C13H17N3.C8H7ClO.C6H15N.CH4.2ClH/c2*1-17(7-10-22(25)14-18-5-3-2-4-6-18)24-15-19-8-9-21-16-23-12-11-20(21)13-19;1-10(7-14)16-8-11-2-3-13-9-15-5-4-12(13)6-11;9-8(10)6-7-4-2-1-3-5-7;1-4-7(5-2)6-3;;;/h2*2-6,8-9,11-13,16-17,24H,7,10,14-15H2,1H3;2-6,9-10,16H,7-8,14H2,1H3;1-5H,6H2;4-6H2,1-3H3;1H4;2*1H/t2*17-;10-;;;;;/m111...../s1. The summed E-state index contributed by atoms with van der Waals surface area (Å²) >= 11 is 5.17. The fourth-order valence-electron chi connectivity index (χ4n) is 8.90. The number of hydrogen-bond acceptors (Lipinski definition) is 11. The van der Waals surface area contributed by atoms with E-state index in [1.54, 1.807) is 0 Å². The first-order valence-electron chi connectivity index (χ1n) is 29.3. The Morgan fingerprint density at radius 3 is 1.05 bits per heavy atom. The largest absolute Gasteiger partial charge is 0.329 e. The fourth-order valence-corrected chi connectivity index (χ4v) is 9.05. The Morgan fingerprint density at radius 2 is 0.756 bits per heavy atom. The van der Waals surface area contributed by atoms with Gasteiger partial charge < -0.3 is 26.6 Å². The van der Waals surface area contributed by atoms with Crippen LogP contribution in [0.25, 0.3) is 32.3 Å². The van der Waals surface area contributed by atoms with Crippen LogP contribution in [-0.2, 0) is 53.3 Å². The van der Waals surface area contributed by atoms with Crippen molar-refractivity contribution in [3.05, 3.63) is 234 Å². The minimum Gasteiger partial charge on any atom is -0.329 e. The first-order chi connectivity index (χ1) is 40.3. The van der Waals surface area contributed by atoms with Crippen LogP contribution >= 0.6 is 36.4 Å². The minimum atomic E-state index is -0.314. The molecule has 3 atom stereocenters. The molecule has 0 saturated heterocycles. The number of nitrogens with one attached hydrogen (secondary N) is 3. The van der Waals surface area contributed by atoms with Crippen molar-refractivity contribution in [2.75, 3.05) is 26.2 Å². The molecule has 11 nitrogen and oxygen atoms in total. The van der Waals surface area contributed by atoms with E-state index in [-0.39, 0.29) is 37.5 Å². The number of ketones is 2. The van der Waals surface area contributed by atoms with Gasteiger partial charge >= 0.3 is 0 Å². The van der Waals surface area contributed by atoms with E-state index < -0.39 is 0 Å². The van der Waals surface area contributed by atoms with Gasteiger partial charge in [-0.1, -0.05) is 156 Å². The van der Waals surface area contributed by atoms with Crippen molar-refractivity contribution in [1.82, 2.24) is 35.8 Å². The van der Waals surface area contributed by atoms with Crippen LogP contribution in [0.15, 0.2) is 201 Å². The smallest absolute Gasteiger partial charge is 0.226 e. The van der Waals surface area contributed by atoms with Crippen LogP contribution in [0.4, 0.5) is 0 Å². The maximum atomic E-state index is 12.1. The molecule has 3 heterocycles. The van der Waals surface area contributed by atoms with Gasteiger partial charge in [0.05, 0.1) is 0 Å². The lowest BCUT2D eigenvalue weighted by atomic mass is 10.0. The highest BCUT2D eigenvalue weighted by molar-refractivity contribution is 6.63. The molecule has 6 aromatic carbocycles. The summed E-state index contributed by atoms with van der Waals surface area (Å²) in [7, 11) is 0. The number of halogens is 3. The highest BCUT2D eigenvalue weighted by Gasteiger charge is 2.10. The molecule has 0 saturated carbocycles. The lowest BCUT2D eigenvalue weighted by Crippen LogP contribution is -2.32. The number of rotatable bonds is 25. The number of fused-ring (bicyclic) bond motifs is 3. The molecule has 0 spiro atoms. The molecule has 0 aliphatic rings. The number of nitrogens with zero attached hydrogens (tertiary/aromatic N) is 4. The maximum absolute atomic E-state index is 12.1. The van der Waals surface area contributed by atoms with Crippen LogP contribution in [0, 0.1) is 0 Å². The van der Waals surface area contributed by atoms with Crippen molar-refractivity contribution in [2.24, 2.45) is 5.73 Å². The normalized spacial score (nSPS) is 11.4. The van der Waals surface area contributed by atoms with Crippen LogP contribution in [0.2, 0.25) is 0 Å². The molecule has 0 aliphatic carbocycles. The lowest BCUT2D eigenvalue weighted by Gasteiger charge is -2.14. The Kier molecular flexibility index (Phi) is 38.4. The number of hydrogen-bond donors (Lipinski definition) is 4. The minimum absolute atomic E-state index is 0. The lowest BCUT2D eigenvalue weighted by molar-refractivity contribution is -0.119. The summed E-state index contributed by atoms with van der Waals surface area (Å²) in [4.78, 5) is 49.3. The molecule has 460 valence electrons. The molecule has 9 rings (SSSR count). The Hall–Kier alpha value is -6.77. The Bertz CT molecular complexity index is 3130. The van der Waals surface area contributed by atoms with Gasteiger partial charge in [-0.3, -0.25) is 29.3 Å². The zero-order valence-electron chi connectivity index (χ0n) is 50.5. The van der Waals surface area contributed by atoms with Crippen LogP contribution in [0.5, 0.6) is 0 Å². The number of pyridine rings is 3. The van der Waals surface area contributed by atoms with Gasteiger partial charge in [0, 0.05) is 130 Å². The van der Waals surface area contributed by atoms with Crippen LogP contribution in [-0.4, -0.2) is 81.0 Å². The SMILES string of the molecule is C.CCN(CC)CC.C[C@H](CCC(=O)Cc1ccccc1)NCc1ccc2cnccc2c1.C[C@H](CCC(=O)Cc1ccccc1)NCc1ccc2cnccc2c1.C[C@H](CN)NCc1ccc2cnccc2c1.Cl.Cl.O=C(Cl)Cc1ccccc1. The topological polar surface area (TPSA) is 155 Å². The van der Waals surface area contributed by atoms with Crippen molar-refractivity contribution < 1.29 is 14.4 Å². The second kappa shape index (κ2) is 43.8. The van der Waals surface area contributed by atoms with Gasteiger partial charge in [0.15, 0.2) is 0 Å². The van der Waals surface area contributed by atoms with E-state index in [2.05, 4.69) is 132 Å². The summed E-state index contributed by atoms with van der Waals surface area (Å²) in [6.45, 7) is 19.6.